The van der Waals surface area contributed by atoms with Crippen LogP contribution in [0, 0.1) is 29.1 Å². The molecule has 556 valence electrons. The molecule has 10 rings (SSSR count). The summed E-state index contributed by atoms with van der Waals surface area (Å²) in [5.74, 6) is -3.53. The summed E-state index contributed by atoms with van der Waals surface area (Å²) in [6, 6.07) is 26.1. The average molecular weight is 1490 g/mol. The zero-order valence-electron chi connectivity index (χ0n) is 56.9. The van der Waals surface area contributed by atoms with E-state index in [9.17, 15) is 80.8 Å². The van der Waals surface area contributed by atoms with Crippen LogP contribution < -0.4 is 27.0 Å². The number of piperazine rings is 3. The lowest BCUT2D eigenvalue weighted by molar-refractivity contribution is -0.135. The fourth-order valence-corrected chi connectivity index (χ4v) is 14.1. The largest absolute Gasteiger partial charge is 0.396 e. The number of benzene rings is 5. The first-order valence-electron chi connectivity index (χ1n) is 33.3. The number of sulfonamides is 3. The number of hydrogen-bond donors (Lipinski definition) is 6. The normalized spacial score (nSPS) is 19.5. The standard InChI is InChI=1S/C26H32F2N4O4S.C17H24FN3O5S.C17H22FN3O5S.C9H10FN/c1-37(35,36)32-15-13-31(14-16-32)26(34)23(30-25(33)19-6-10-21(28)11-7-19)3-2-12-29-24-17-22(24)18-4-8-20(27)9-5-18;2*1-27(25,26)21-10-8-20(9-11-21)17(24)15(3-2-12-22)19-16(23)13-4-6-14(18)7-5-13;10-7-3-1-6(2-4-7)8-5-9(8)11/h4-11,22-24,29H,2-3,12-17H2,1H3,(H,30,33);4-7,15,22H,2-3,8-12H2,1H3,(H,19,23);4-7,12,15H,2-3,8-11H2,1H3,(H,19,23);1-4,8-9H,5,11H2/t22-,23-,24+;2*15-;8-,9+/m0000/s1. The molecule has 2 saturated carbocycles. The van der Waals surface area contributed by atoms with Crippen LogP contribution in [0.2, 0.25) is 0 Å². The van der Waals surface area contributed by atoms with Crippen LogP contribution in [0.1, 0.15) is 105 Å². The van der Waals surface area contributed by atoms with Gasteiger partial charge in [0.15, 0.2) is 0 Å². The highest BCUT2D eigenvalue weighted by Crippen LogP contribution is 2.41. The zero-order valence-corrected chi connectivity index (χ0v) is 59.3. The highest BCUT2D eigenvalue weighted by Gasteiger charge is 2.39. The lowest BCUT2D eigenvalue weighted by Crippen LogP contribution is -2.55. The van der Waals surface area contributed by atoms with E-state index >= 15 is 0 Å². The zero-order chi connectivity index (χ0) is 74.5. The molecule has 3 aliphatic heterocycles. The highest BCUT2D eigenvalue weighted by atomic mass is 32.2. The molecule has 6 amide bonds. The number of halogens is 5. The molecule has 3 heterocycles. The van der Waals surface area contributed by atoms with Crippen molar-refractivity contribution in [3.63, 3.8) is 0 Å². The van der Waals surface area contributed by atoms with Gasteiger partial charge >= 0.3 is 0 Å². The Labute approximate surface area is 591 Å². The van der Waals surface area contributed by atoms with Gasteiger partial charge in [-0.15, -0.1) is 0 Å². The Morgan fingerprint density at radius 1 is 0.451 bits per heavy atom. The minimum absolute atomic E-state index is 0.0867. The molecule has 5 aromatic carbocycles. The van der Waals surface area contributed by atoms with Gasteiger partial charge in [-0.3, -0.25) is 28.8 Å². The highest BCUT2D eigenvalue weighted by molar-refractivity contribution is 7.88. The molecule has 2 aliphatic carbocycles. The van der Waals surface area contributed by atoms with E-state index in [1.54, 1.807) is 17.0 Å². The van der Waals surface area contributed by atoms with E-state index in [1.165, 1.54) is 101 Å². The number of amides is 6. The topological polar surface area (TPSA) is 336 Å². The van der Waals surface area contributed by atoms with Crippen LogP contribution >= 0.6 is 0 Å². The molecule has 33 heteroatoms. The quantitative estimate of drug-likeness (QED) is 0.0276. The van der Waals surface area contributed by atoms with Crippen LogP contribution in [0.25, 0.3) is 0 Å². The van der Waals surface area contributed by atoms with Crippen molar-refractivity contribution in [2.45, 2.75) is 93.4 Å². The number of hydrogen-bond acceptors (Lipinski definition) is 16. The van der Waals surface area contributed by atoms with Crippen LogP contribution in [0.3, 0.4) is 0 Å². The SMILES string of the molecule is CS(=O)(=O)N1CCN(C(=O)[C@H](CCC=O)NC(=O)c2ccc(F)cc2)CC1.CS(=O)(=O)N1CCN(C(=O)[C@H](CCCN[C@@H]2C[C@H]2c2ccc(F)cc2)NC(=O)c2ccc(F)cc2)CC1.CS(=O)(=O)N1CCN(C(=O)[C@H](CCCO)NC(=O)c2ccc(F)cc2)CC1.N[C@@H]1C[C@H]1c1ccc(F)cc1. The summed E-state index contributed by atoms with van der Waals surface area (Å²) in [6.07, 6.45) is 7.83. The van der Waals surface area contributed by atoms with Crippen molar-refractivity contribution in [1.82, 2.24) is 48.9 Å². The Kier molecular flexibility index (Phi) is 30.1. The number of aliphatic hydroxyl groups excluding tert-OH is 1. The summed E-state index contributed by atoms with van der Waals surface area (Å²) in [4.78, 5) is 91.6. The molecule has 5 fully saturated rings. The predicted molar refractivity (Wildman–Crippen MR) is 370 cm³/mol. The molecule has 3 saturated heterocycles. The van der Waals surface area contributed by atoms with Crippen molar-refractivity contribution in [3.8, 4) is 0 Å². The number of rotatable bonds is 25. The summed E-state index contributed by atoms with van der Waals surface area (Å²) < 4.78 is 139. The molecule has 25 nitrogen and oxygen atoms in total. The maximum atomic E-state index is 13.3. The second-order valence-electron chi connectivity index (χ2n) is 25.3. The van der Waals surface area contributed by atoms with Gasteiger partial charge in [0.2, 0.25) is 47.8 Å². The van der Waals surface area contributed by atoms with E-state index in [2.05, 4.69) is 21.3 Å². The molecule has 5 aromatic rings. The number of aldehydes is 1. The molecule has 7 atom stereocenters. The molecule has 0 spiro atoms. The second-order valence-corrected chi connectivity index (χ2v) is 31.3. The van der Waals surface area contributed by atoms with Crippen molar-refractivity contribution < 1.29 is 85.9 Å². The van der Waals surface area contributed by atoms with Gasteiger partial charge in [0.25, 0.3) is 17.7 Å². The number of nitrogens with zero attached hydrogens (tertiary/aromatic N) is 6. The first-order valence-corrected chi connectivity index (χ1v) is 38.8. The van der Waals surface area contributed by atoms with Crippen LogP contribution in [0.15, 0.2) is 121 Å². The third-order valence-electron chi connectivity index (χ3n) is 17.7. The van der Waals surface area contributed by atoms with Gasteiger partial charge in [0.05, 0.1) is 18.8 Å². The van der Waals surface area contributed by atoms with Gasteiger partial charge in [-0.1, -0.05) is 24.3 Å². The molecule has 102 heavy (non-hydrogen) atoms. The van der Waals surface area contributed by atoms with Crippen LogP contribution in [0.5, 0.6) is 0 Å². The molecule has 0 bridgehead atoms. The Hall–Kier alpha value is -8.15. The third-order valence-corrected chi connectivity index (χ3v) is 21.6. The predicted octanol–water partition coefficient (Wildman–Crippen LogP) is 3.54. The van der Waals surface area contributed by atoms with Crippen molar-refractivity contribution in [2.75, 3.05) is 110 Å². The van der Waals surface area contributed by atoms with Gasteiger partial charge < -0.3 is 51.6 Å². The second kappa shape index (κ2) is 37.9. The third kappa shape index (κ3) is 25.4. The van der Waals surface area contributed by atoms with Gasteiger partial charge in [-0.05, 0) is 160 Å². The van der Waals surface area contributed by atoms with Crippen molar-refractivity contribution in [3.05, 3.63) is 178 Å². The molecule has 7 N–H and O–H groups in total. The molecule has 0 aromatic heterocycles. The minimum Gasteiger partial charge on any atom is -0.396 e. The molecular formula is C69H88F5N11O14S3. The van der Waals surface area contributed by atoms with Gasteiger partial charge in [-0.25, -0.2) is 47.2 Å². The summed E-state index contributed by atoms with van der Waals surface area (Å²) in [5.41, 5.74) is 8.57. The number of nitrogens with one attached hydrogen (secondary N) is 4. The minimum atomic E-state index is -3.33. The maximum Gasteiger partial charge on any atom is 0.251 e. The lowest BCUT2D eigenvalue weighted by atomic mass is 10.1. The molecular weight excluding hydrogens is 1400 g/mol. The number of carbonyl (C=O) groups is 7. The summed E-state index contributed by atoms with van der Waals surface area (Å²) in [5, 5.41) is 20.5. The monoisotopic (exact) mass is 1490 g/mol. The average Bonchev–Trinajstić information content (AvgIpc) is 1.59. The Morgan fingerprint density at radius 2 is 0.735 bits per heavy atom. The van der Waals surface area contributed by atoms with Crippen LogP contribution in [0.4, 0.5) is 22.0 Å². The summed E-state index contributed by atoms with van der Waals surface area (Å²) in [6.45, 7) is 3.03. The summed E-state index contributed by atoms with van der Waals surface area (Å²) in [7, 11) is -9.96. The fraction of sp³-hybridized carbons (Fsp3) is 0.464. The number of carbonyl (C=O) groups excluding carboxylic acids is 7. The van der Waals surface area contributed by atoms with Crippen LogP contribution in [-0.4, -0.2) is 240 Å². The number of aliphatic hydroxyl groups is 1. The summed E-state index contributed by atoms with van der Waals surface area (Å²) >= 11 is 0. The smallest absolute Gasteiger partial charge is 0.251 e. The first-order chi connectivity index (χ1) is 48.3. The van der Waals surface area contributed by atoms with Crippen molar-refractivity contribution >= 4 is 71.8 Å². The fourth-order valence-electron chi connectivity index (χ4n) is 11.6. The van der Waals surface area contributed by atoms with E-state index in [1.807, 2.05) is 12.1 Å². The van der Waals surface area contributed by atoms with E-state index < -0.39 is 83.4 Å². The van der Waals surface area contributed by atoms with E-state index in [0.29, 0.717) is 50.0 Å². The maximum absolute atomic E-state index is 13.3. The Bertz CT molecular complexity index is 3990. The van der Waals surface area contributed by atoms with Crippen molar-refractivity contribution in [1.29, 1.82) is 0 Å². The van der Waals surface area contributed by atoms with E-state index in [0.717, 1.165) is 61.4 Å². The molecule has 0 unspecified atom stereocenters. The van der Waals surface area contributed by atoms with Gasteiger partial charge in [-0.2, -0.15) is 12.9 Å². The Balaban J connectivity index is 0.000000202. The number of nitrogens with two attached hydrogens (primary N) is 1. The van der Waals surface area contributed by atoms with Crippen LogP contribution in [-0.2, 0) is 49.2 Å². The molecule has 5 aliphatic rings. The van der Waals surface area contributed by atoms with E-state index in [4.69, 9.17) is 10.8 Å². The first kappa shape index (κ1) is 81.2. The molecule has 0 radical (unpaired) electrons. The van der Waals surface area contributed by atoms with Crippen molar-refractivity contribution in [2.24, 2.45) is 5.73 Å². The van der Waals surface area contributed by atoms with Gasteiger partial charge in [0.1, 0.15) is 53.5 Å². The Morgan fingerprint density at radius 3 is 1.02 bits per heavy atom. The van der Waals surface area contributed by atoms with E-state index in [-0.39, 0.29) is 156 Å². The van der Waals surface area contributed by atoms with Gasteiger partial charge in [0, 0.05) is 132 Å². The lowest BCUT2D eigenvalue weighted by Gasteiger charge is -2.35.